The number of hydrogen-bond acceptors (Lipinski definition) is 7. The molecule has 2 aromatic rings. The number of ether oxygens (including phenoxy) is 3. The van der Waals surface area contributed by atoms with Crippen LogP contribution in [-0.4, -0.2) is 56.0 Å². The molecule has 1 amide bonds. The van der Waals surface area contributed by atoms with Crippen molar-refractivity contribution in [1.82, 2.24) is 5.32 Å². The molecular weight excluding hydrogens is 507 g/mol. The van der Waals surface area contributed by atoms with Gasteiger partial charge in [-0.25, -0.2) is 9.59 Å². The topological polar surface area (TPSA) is 94.2 Å². The number of aryl methyl sites for hydroxylation is 1. The molecule has 0 aliphatic rings. The molecule has 196 valence electrons. The van der Waals surface area contributed by atoms with Crippen molar-refractivity contribution < 1.29 is 28.6 Å². The van der Waals surface area contributed by atoms with Gasteiger partial charge in [0.2, 0.25) is 0 Å². The van der Waals surface area contributed by atoms with Gasteiger partial charge in [-0.15, -0.1) is 23.2 Å². The van der Waals surface area contributed by atoms with E-state index < -0.39 is 18.1 Å². The van der Waals surface area contributed by atoms with E-state index in [1.54, 1.807) is 32.0 Å². The molecule has 0 aromatic heterocycles. The molecule has 0 heterocycles. The Morgan fingerprint density at radius 3 is 2.19 bits per heavy atom. The Hall–Kier alpha value is -2.97. The van der Waals surface area contributed by atoms with Crippen LogP contribution >= 0.6 is 23.2 Å². The van der Waals surface area contributed by atoms with E-state index in [9.17, 15) is 14.4 Å². The molecule has 36 heavy (non-hydrogen) atoms. The van der Waals surface area contributed by atoms with Crippen LogP contribution in [0, 0.1) is 6.92 Å². The lowest BCUT2D eigenvalue weighted by Crippen LogP contribution is -2.43. The van der Waals surface area contributed by atoms with Gasteiger partial charge < -0.3 is 24.4 Å². The number of anilines is 1. The van der Waals surface area contributed by atoms with Crippen molar-refractivity contribution in [3.63, 3.8) is 0 Å². The zero-order valence-corrected chi connectivity index (χ0v) is 22.2. The van der Waals surface area contributed by atoms with Crippen LogP contribution in [0.1, 0.15) is 30.0 Å². The van der Waals surface area contributed by atoms with Crippen molar-refractivity contribution >= 4 is 46.9 Å². The zero-order chi connectivity index (χ0) is 26.5. The number of carbonyl (C=O) groups is 3. The summed E-state index contributed by atoms with van der Waals surface area (Å²) in [6.45, 7) is 4.82. The van der Waals surface area contributed by atoms with Gasteiger partial charge in [0.1, 0.15) is 18.4 Å². The number of carbonyl (C=O) groups excluding carboxylic acids is 3. The predicted molar refractivity (Wildman–Crippen MR) is 140 cm³/mol. The fraction of sp³-hybridized carbons (Fsp3) is 0.423. The molecular formula is C26H32Cl2N2O6. The molecule has 1 N–H and O–H groups in total. The summed E-state index contributed by atoms with van der Waals surface area (Å²) in [5.74, 6) is 0.504. The maximum Gasteiger partial charge on any atom is 0.408 e. The third-order valence-corrected chi connectivity index (χ3v) is 5.69. The second-order valence-corrected chi connectivity index (χ2v) is 8.72. The predicted octanol–water partition coefficient (Wildman–Crippen LogP) is 4.60. The van der Waals surface area contributed by atoms with Gasteiger partial charge in [0.05, 0.1) is 7.11 Å². The maximum absolute atomic E-state index is 12.4. The molecule has 8 nitrogen and oxygen atoms in total. The van der Waals surface area contributed by atoms with Gasteiger partial charge in [0.25, 0.3) is 0 Å². The Morgan fingerprint density at radius 1 is 1.00 bits per heavy atom. The highest BCUT2D eigenvalue weighted by molar-refractivity contribution is 6.18. The minimum atomic E-state index is -0.923. The number of amides is 1. The van der Waals surface area contributed by atoms with Gasteiger partial charge in [0, 0.05) is 43.4 Å². The Bertz CT molecular complexity index is 1010. The average Bonchev–Trinajstić information content (AvgIpc) is 2.88. The number of halogens is 2. The van der Waals surface area contributed by atoms with Crippen LogP contribution in [0.4, 0.5) is 10.5 Å². The van der Waals surface area contributed by atoms with Crippen LogP contribution in [0.15, 0.2) is 42.5 Å². The molecule has 0 saturated heterocycles. The van der Waals surface area contributed by atoms with Crippen LogP contribution in [0.5, 0.6) is 5.75 Å². The van der Waals surface area contributed by atoms with Crippen LogP contribution in [0.2, 0.25) is 0 Å². The largest absolute Gasteiger partial charge is 0.467 e. The number of esters is 2. The molecule has 10 heteroatoms. The van der Waals surface area contributed by atoms with E-state index in [2.05, 4.69) is 10.2 Å². The van der Waals surface area contributed by atoms with E-state index in [0.29, 0.717) is 36.2 Å². The minimum Gasteiger partial charge on any atom is -0.467 e. The SMILES string of the molecule is CCC(=O)Oc1ccc(COC(=O)N[C@@H](Cc2ccc(N(CCCl)CCCl)cc2)C(=O)OC)cc1C. The van der Waals surface area contributed by atoms with Crippen molar-refractivity contribution in [3.05, 3.63) is 59.2 Å². The van der Waals surface area contributed by atoms with E-state index in [1.165, 1.54) is 7.11 Å². The summed E-state index contributed by atoms with van der Waals surface area (Å²) in [5.41, 5.74) is 3.25. The van der Waals surface area contributed by atoms with Crippen LogP contribution in [0.3, 0.4) is 0 Å². The Kier molecular flexibility index (Phi) is 12.4. The van der Waals surface area contributed by atoms with Crippen LogP contribution in [-0.2, 0) is 32.1 Å². The summed E-state index contributed by atoms with van der Waals surface area (Å²) in [6, 6.07) is 11.8. The van der Waals surface area contributed by atoms with Crippen molar-refractivity contribution in [2.24, 2.45) is 0 Å². The molecule has 0 saturated carbocycles. The van der Waals surface area contributed by atoms with Crippen LogP contribution in [0.25, 0.3) is 0 Å². The van der Waals surface area contributed by atoms with Gasteiger partial charge in [-0.05, 0) is 47.9 Å². The fourth-order valence-electron chi connectivity index (χ4n) is 3.43. The standard InChI is InChI=1S/C26H32Cl2N2O6/c1-4-24(31)36-23-10-7-20(15-18(23)2)17-35-26(33)29-22(25(32)34-3)16-19-5-8-21(9-6-19)30(13-11-27)14-12-28/h5-10,15,22H,4,11-14,16-17H2,1-3H3,(H,29,33)/t22-/m0/s1. The third-order valence-electron chi connectivity index (χ3n) is 5.35. The molecule has 2 rings (SSSR count). The first-order valence-electron chi connectivity index (χ1n) is 11.6. The van der Waals surface area contributed by atoms with Crippen molar-refractivity contribution in [1.29, 1.82) is 0 Å². The minimum absolute atomic E-state index is 0.0196. The summed E-state index contributed by atoms with van der Waals surface area (Å²) in [6.07, 6.45) is -0.253. The Labute approximate surface area is 221 Å². The highest BCUT2D eigenvalue weighted by Gasteiger charge is 2.23. The summed E-state index contributed by atoms with van der Waals surface area (Å²) in [7, 11) is 1.26. The average molecular weight is 539 g/mol. The van der Waals surface area contributed by atoms with Gasteiger partial charge in [-0.2, -0.15) is 0 Å². The number of alkyl halides is 2. The van der Waals surface area contributed by atoms with Gasteiger partial charge in [-0.1, -0.05) is 25.1 Å². The third kappa shape index (κ3) is 9.24. The van der Waals surface area contributed by atoms with E-state index >= 15 is 0 Å². The normalized spacial score (nSPS) is 11.4. The number of nitrogens with zero attached hydrogens (tertiary/aromatic N) is 1. The monoisotopic (exact) mass is 538 g/mol. The lowest BCUT2D eigenvalue weighted by atomic mass is 10.1. The molecule has 1 atom stereocenters. The lowest BCUT2D eigenvalue weighted by Gasteiger charge is -2.23. The molecule has 0 aliphatic carbocycles. The summed E-state index contributed by atoms with van der Waals surface area (Å²) < 4.78 is 15.4. The number of alkyl carbamates (subject to hydrolysis) is 1. The van der Waals surface area contributed by atoms with E-state index in [4.69, 9.17) is 37.4 Å². The number of hydrogen-bond donors (Lipinski definition) is 1. The van der Waals surface area contributed by atoms with E-state index in [0.717, 1.165) is 16.8 Å². The summed E-state index contributed by atoms with van der Waals surface area (Å²) in [5, 5.41) is 2.57. The summed E-state index contributed by atoms with van der Waals surface area (Å²) in [4.78, 5) is 38.3. The summed E-state index contributed by atoms with van der Waals surface area (Å²) >= 11 is 11.8. The first-order chi connectivity index (χ1) is 17.3. The Balaban J connectivity index is 1.98. The number of nitrogens with one attached hydrogen (secondary N) is 1. The van der Waals surface area contributed by atoms with Crippen molar-refractivity contribution in [2.75, 3.05) is 36.9 Å². The molecule has 0 unspecified atom stereocenters. The molecule has 0 bridgehead atoms. The molecule has 0 radical (unpaired) electrons. The molecule has 0 fully saturated rings. The lowest BCUT2D eigenvalue weighted by molar-refractivity contribution is -0.143. The van der Waals surface area contributed by atoms with E-state index in [1.807, 2.05) is 24.3 Å². The number of rotatable bonds is 13. The first-order valence-corrected chi connectivity index (χ1v) is 12.6. The molecule has 2 aromatic carbocycles. The van der Waals surface area contributed by atoms with Crippen molar-refractivity contribution in [2.45, 2.75) is 39.3 Å². The quantitative estimate of drug-likeness (QED) is 0.226. The highest BCUT2D eigenvalue weighted by Crippen LogP contribution is 2.20. The number of methoxy groups -OCH3 is 1. The molecule has 0 aliphatic heterocycles. The maximum atomic E-state index is 12.4. The van der Waals surface area contributed by atoms with Gasteiger partial charge >= 0.3 is 18.0 Å². The van der Waals surface area contributed by atoms with Gasteiger partial charge in [0.15, 0.2) is 0 Å². The Morgan fingerprint density at radius 2 is 1.64 bits per heavy atom. The smallest absolute Gasteiger partial charge is 0.408 e. The fourth-order valence-corrected chi connectivity index (χ4v) is 3.84. The van der Waals surface area contributed by atoms with Crippen molar-refractivity contribution in [3.8, 4) is 5.75 Å². The molecule has 0 spiro atoms. The van der Waals surface area contributed by atoms with E-state index in [-0.39, 0.29) is 25.4 Å². The first kappa shape index (κ1) is 29.3. The number of benzene rings is 2. The second kappa shape index (κ2) is 15.2. The zero-order valence-electron chi connectivity index (χ0n) is 20.7. The van der Waals surface area contributed by atoms with Crippen LogP contribution < -0.4 is 15.0 Å². The second-order valence-electron chi connectivity index (χ2n) is 7.96. The van der Waals surface area contributed by atoms with Gasteiger partial charge in [-0.3, -0.25) is 4.79 Å². The highest BCUT2D eigenvalue weighted by atomic mass is 35.5.